The number of aromatic nitrogens is 2. The number of pyridine rings is 2. The monoisotopic (exact) mass is 276 g/mol. The molecule has 100 valence electrons. The molecule has 2 aromatic heterocycles. The van der Waals surface area contributed by atoms with E-state index in [2.05, 4.69) is 29.9 Å². The van der Waals surface area contributed by atoms with E-state index in [1.54, 1.807) is 13.3 Å². The largest absolute Gasteiger partial charge is 0.481 e. The zero-order valence-corrected chi connectivity index (χ0v) is 12.1. The van der Waals surface area contributed by atoms with Crippen molar-refractivity contribution in [3.8, 4) is 17.1 Å². The van der Waals surface area contributed by atoms with Crippen LogP contribution in [0.4, 0.5) is 0 Å². The highest BCUT2D eigenvalue weighted by Gasteiger charge is 2.06. The Bertz CT molecular complexity index is 553. The van der Waals surface area contributed by atoms with E-state index in [0.29, 0.717) is 17.0 Å². The minimum absolute atomic E-state index is 0.518. The van der Waals surface area contributed by atoms with Crippen LogP contribution in [0.1, 0.15) is 19.4 Å². The van der Waals surface area contributed by atoms with Gasteiger partial charge in [0.25, 0.3) is 0 Å². The molecule has 0 aliphatic rings. The molecule has 0 fully saturated rings. The van der Waals surface area contributed by atoms with Gasteiger partial charge in [0, 0.05) is 17.8 Å². The number of hydrogen-bond acceptors (Lipinski definition) is 3. The molecule has 0 saturated heterocycles. The van der Waals surface area contributed by atoms with Crippen molar-refractivity contribution >= 4 is 11.6 Å². The van der Waals surface area contributed by atoms with Crippen LogP contribution in [0, 0.1) is 5.92 Å². The predicted octanol–water partition coefficient (Wildman–Crippen LogP) is 4.00. The number of nitrogens with zero attached hydrogens (tertiary/aromatic N) is 2. The molecule has 0 aromatic carbocycles. The summed E-state index contributed by atoms with van der Waals surface area (Å²) in [6, 6.07) is 7.74. The molecule has 0 spiro atoms. The highest BCUT2D eigenvalue weighted by molar-refractivity contribution is 6.29. The first-order valence-electron chi connectivity index (χ1n) is 6.25. The Morgan fingerprint density at radius 3 is 2.63 bits per heavy atom. The van der Waals surface area contributed by atoms with Crippen LogP contribution in [0.15, 0.2) is 30.5 Å². The summed E-state index contributed by atoms with van der Waals surface area (Å²) in [7, 11) is 1.60. The van der Waals surface area contributed by atoms with Gasteiger partial charge in [-0.3, -0.25) is 0 Å². The molecule has 0 aliphatic carbocycles. The molecule has 0 unspecified atom stereocenters. The number of rotatable bonds is 4. The third-order valence-electron chi connectivity index (χ3n) is 2.74. The van der Waals surface area contributed by atoms with Gasteiger partial charge in [-0.05, 0) is 36.1 Å². The minimum atomic E-state index is 0.518. The number of ether oxygens (including phenoxy) is 1. The topological polar surface area (TPSA) is 35.0 Å². The quantitative estimate of drug-likeness (QED) is 0.792. The third-order valence-corrected chi connectivity index (χ3v) is 2.93. The fourth-order valence-electron chi connectivity index (χ4n) is 1.94. The predicted molar refractivity (Wildman–Crippen MR) is 77.6 cm³/mol. The van der Waals surface area contributed by atoms with Crippen LogP contribution in [0.3, 0.4) is 0 Å². The summed E-state index contributed by atoms with van der Waals surface area (Å²) in [4.78, 5) is 8.54. The molecular weight excluding hydrogens is 260 g/mol. The summed E-state index contributed by atoms with van der Waals surface area (Å²) in [6.07, 6.45) is 2.73. The summed E-state index contributed by atoms with van der Waals surface area (Å²) < 4.78 is 5.05. The summed E-state index contributed by atoms with van der Waals surface area (Å²) in [6.45, 7) is 4.37. The Morgan fingerprint density at radius 2 is 2.05 bits per heavy atom. The van der Waals surface area contributed by atoms with Gasteiger partial charge in [0.1, 0.15) is 5.15 Å². The Hall–Kier alpha value is -1.61. The highest BCUT2D eigenvalue weighted by Crippen LogP contribution is 2.23. The van der Waals surface area contributed by atoms with Gasteiger partial charge in [-0.2, -0.15) is 0 Å². The maximum absolute atomic E-state index is 6.09. The first kappa shape index (κ1) is 13.8. The SMILES string of the molecule is COc1ccc(-c2cc(CC(C)C)cc(Cl)n2)cn1. The highest BCUT2D eigenvalue weighted by atomic mass is 35.5. The normalized spacial score (nSPS) is 10.8. The zero-order valence-electron chi connectivity index (χ0n) is 11.4. The van der Waals surface area contributed by atoms with E-state index in [1.165, 1.54) is 5.56 Å². The fraction of sp³-hybridized carbons (Fsp3) is 0.333. The van der Waals surface area contributed by atoms with E-state index in [-0.39, 0.29) is 0 Å². The fourth-order valence-corrected chi connectivity index (χ4v) is 2.17. The molecule has 2 aromatic rings. The van der Waals surface area contributed by atoms with Gasteiger partial charge in [-0.15, -0.1) is 0 Å². The Balaban J connectivity index is 2.34. The van der Waals surface area contributed by atoms with Crippen LogP contribution in [-0.4, -0.2) is 17.1 Å². The second kappa shape index (κ2) is 6.02. The molecule has 2 heterocycles. The molecule has 0 saturated carbocycles. The smallest absolute Gasteiger partial charge is 0.212 e. The molecule has 2 rings (SSSR count). The number of halogens is 1. The van der Waals surface area contributed by atoms with Gasteiger partial charge in [0.2, 0.25) is 5.88 Å². The number of methoxy groups -OCH3 is 1. The van der Waals surface area contributed by atoms with Crippen LogP contribution in [0.2, 0.25) is 5.15 Å². The molecule has 0 N–H and O–H groups in total. The lowest BCUT2D eigenvalue weighted by Gasteiger charge is -2.08. The molecule has 19 heavy (non-hydrogen) atoms. The molecule has 0 amide bonds. The van der Waals surface area contributed by atoms with E-state index in [1.807, 2.05) is 18.2 Å². The van der Waals surface area contributed by atoms with Crippen LogP contribution in [0.5, 0.6) is 5.88 Å². The van der Waals surface area contributed by atoms with Gasteiger partial charge < -0.3 is 4.74 Å². The summed E-state index contributed by atoms with van der Waals surface area (Å²) in [5.41, 5.74) is 2.98. The van der Waals surface area contributed by atoms with Crippen molar-refractivity contribution in [1.82, 2.24) is 9.97 Å². The Kier molecular flexibility index (Phi) is 4.38. The maximum atomic E-state index is 6.09. The van der Waals surface area contributed by atoms with Crippen molar-refractivity contribution in [2.45, 2.75) is 20.3 Å². The lowest BCUT2D eigenvalue weighted by Crippen LogP contribution is -1.96. The molecule has 0 radical (unpaired) electrons. The maximum Gasteiger partial charge on any atom is 0.212 e. The Morgan fingerprint density at radius 1 is 1.26 bits per heavy atom. The first-order chi connectivity index (χ1) is 9.08. The zero-order chi connectivity index (χ0) is 13.8. The van der Waals surface area contributed by atoms with Crippen LogP contribution >= 0.6 is 11.6 Å². The van der Waals surface area contributed by atoms with E-state index in [4.69, 9.17) is 16.3 Å². The van der Waals surface area contributed by atoms with Crippen molar-refractivity contribution in [2.24, 2.45) is 5.92 Å². The van der Waals surface area contributed by atoms with Crippen molar-refractivity contribution in [1.29, 1.82) is 0 Å². The van der Waals surface area contributed by atoms with Crippen molar-refractivity contribution in [2.75, 3.05) is 7.11 Å². The molecule has 0 aliphatic heterocycles. The van der Waals surface area contributed by atoms with Gasteiger partial charge >= 0.3 is 0 Å². The summed E-state index contributed by atoms with van der Waals surface area (Å²) >= 11 is 6.09. The Labute approximate surface area is 118 Å². The van der Waals surface area contributed by atoms with E-state index < -0.39 is 0 Å². The summed E-state index contributed by atoms with van der Waals surface area (Å²) in [5, 5.41) is 0.518. The second-order valence-electron chi connectivity index (χ2n) is 4.87. The van der Waals surface area contributed by atoms with E-state index in [0.717, 1.165) is 17.7 Å². The molecule has 3 nitrogen and oxygen atoms in total. The minimum Gasteiger partial charge on any atom is -0.481 e. The van der Waals surface area contributed by atoms with E-state index in [9.17, 15) is 0 Å². The third kappa shape index (κ3) is 3.67. The van der Waals surface area contributed by atoms with Crippen LogP contribution in [-0.2, 0) is 6.42 Å². The molecular formula is C15H17ClN2O. The van der Waals surface area contributed by atoms with Gasteiger partial charge in [-0.1, -0.05) is 25.4 Å². The van der Waals surface area contributed by atoms with Crippen LogP contribution < -0.4 is 4.74 Å². The molecule has 4 heteroatoms. The average molecular weight is 277 g/mol. The molecule has 0 bridgehead atoms. The summed E-state index contributed by atoms with van der Waals surface area (Å²) in [5.74, 6) is 1.17. The van der Waals surface area contributed by atoms with Gasteiger partial charge in [-0.25, -0.2) is 9.97 Å². The standard InChI is InChI=1S/C15H17ClN2O/c1-10(2)6-11-7-13(18-14(16)8-11)12-4-5-15(19-3)17-9-12/h4-5,7-10H,6H2,1-3H3. The second-order valence-corrected chi connectivity index (χ2v) is 5.26. The van der Waals surface area contributed by atoms with Crippen LogP contribution in [0.25, 0.3) is 11.3 Å². The number of hydrogen-bond donors (Lipinski definition) is 0. The van der Waals surface area contributed by atoms with Gasteiger partial charge in [0.15, 0.2) is 0 Å². The molecule has 0 atom stereocenters. The lowest BCUT2D eigenvalue weighted by molar-refractivity contribution is 0.398. The average Bonchev–Trinajstić information content (AvgIpc) is 2.37. The van der Waals surface area contributed by atoms with Crippen molar-refractivity contribution in [3.05, 3.63) is 41.2 Å². The van der Waals surface area contributed by atoms with E-state index >= 15 is 0 Å². The van der Waals surface area contributed by atoms with Crippen molar-refractivity contribution in [3.63, 3.8) is 0 Å². The van der Waals surface area contributed by atoms with Crippen molar-refractivity contribution < 1.29 is 4.74 Å². The van der Waals surface area contributed by atoms with Gasteiger partial charge in [0.05, 0.1) is 12.8 Å². The lowest BCUT2D eigenvalue weighted by atomic mass is 10.0. The first-order valence-corrected chi connectivity index (χ1v) is 6.63.